The largest absolute Gasteiger partial charge is 0.439 e. The van der Waals surface area contributed by atoms with E-state index in [-0.39, 0.29) is 6.61 Å². The summed E-state index contributed by atoms with van der Waals surface area (Å²) in [6.07, 6.45) is 0. The summed E-state index contributed by atoms with van der Waals surface area (Å²) in [4.78, 5) is 8.30. The van der Waals surface area contributed by atoms with Crippen molar-refractivity contribution in [1.29, 1.82) is 0 Å². The lowest BCUT2D eigenvalue weighted by Crippen LogP contribution is -2.11. The molecule has 0 fully saturated rings. The molecule has 0 amide bonds. The Morgan fingerprint density at radius 2 is 2.00 bits per heavy atom. The van der Waals surface area contributed by atoms with Crippen LogP contribution in [-0.4, -0.2) is 17.1 Å². The molecule has 0 spiro atoms. The molecule has 3 N–H and O–H groups in total. The molecule has 0 radical (unpaired) electrons. The fourth-order valence-corrected chi connectivity index (χ4v) is 1.74. The maximum atomic E-state index is 5.92. The van der Waals surface area contributed by atoms with E-state index in [1.54, 1.807) is 31.4 Å². The number of aromatic nitrogens is 2. The third-order valence-electron chi connectivity index (χ3n) is 2.28. The van der Waals surface area contributed by atoms with Crippen LogP contribution < -0.4 is 16.0 Å². The lowest BCUT2D eigenvalue weighted by molar-refractivity contribution is 0.177. The lowest BCUT2D eigenvalue weighted by Gasteiger charge is -2.09. The summed E-state index contributed by atoms with van der Waals surface area (Å²) in [6.45, 7) is 0.243. The Morgan fingerprint density at radius 1 is 1.20 bits per heavy atom. The highest BCUT2D eigenvalue weighted by Gasteiger charge is 2.07. The quantitative estimate of drug-likeness (QED) is 0.652. The third-order valence-corrected chi connectivity index (χ3v) is 3.02. The van der Waals surface area contributed by atoms with Crippen LogP contribution in [0.4, 0.5) is 5.82 Å². The summed E-state index contributed by atoms with van der Waals surface area (Å²) in [5.41, 5.74) is 2.44. The Bertz CT molecular complexity index is 610. The molecule has 106 valence electrons. The van der Waals surface area contributed by atoms with E-state index in [2.05, 4.69) is 15.4 Å². The second-order valence-corrected chi connectivity index (χ2v) is 4.58. The fourth-order valence-electron chi connectivity index (χ4n) is 1.45. The average Bonchev–Trinajstić information content (AvgIpc) is 2.43. The van der Waals surface area contributed by atoms with Crippen LogP contribution in [0.3, 0.4) is 0 Å². The highest BCUT2D eigenvalue weighted by atomic mass is 35.5. The predicted molar refractivity (Wildman–Crippen MR) is 77.1 cm³/mol. The molecule has 0 atom stereocenters. The van der Waals surface area contributed by atoms with E-state index in [4.69, 9.17) is 38.5 Å². The number of rotatable bonds is 5. The van der Waals surface area contributed by atoms with Crippen LogP contribution in [0.5, 0.6) is 11.6 Å². The number of nitrogens with zero attached hydrogens (tertiary/aromatic N) is 2. The minimum atomic E-state index is 0.243. The van der Waals surface area contributed by atoms with Gasteiger partial charge >= 0.3 is 0 Å². The predicted octanol–water partition coefficient (Wildman–Crippen LogP) is 3.01. The van der Waals surface area contributed by atoms with Gasteiger partial charge in [0.1, 0.15) is 18.2 Å². The number of hydrogen-bond acceptors (Lipinski definition) is 6. The minimum absolute atomic E-state index is 0.243. The van der Waals surface area contributed by atoms with Gasteiger partial charge in [-0.15, -0.1) is 0 Å². The van der Waals surface area contributed by atoms with Crippen molar-refractivity contribution in [1.82, 2.24) is 9.97 Å². The Labute approximate surface area is 125 Å². The van der Waals surface area contributed by atoms with Crippen molar-refractivity contribution in [2.24, 2.45) is 5.84 Å². The third kappa shape index (κ3) is 3.71. The molecule has 0 saturated carbocycles. The zero-order valence-electron chi connectivity index (χ0n) is 10.6. The number of halogens is 2. The second-order valence-electron chi connectivity index (χ2n) is 3.76. The lowest BCUT2D eigenvalue weighted by atomic mass is 10.3. The molecule has 2 aromatic rings. The van der Waals surface area contributed by atoms with E-state index < -0.39 is 0 Å². The Kier molecular flexibility index (Phi) is 4.97. The molecule has 6 nitrogen and oxygen atoms in total. The summed E-state index contributed by atoms with van der Waals surface area (Å²) in [7, 11) is 1.55. The van der Waals surface area contributed by atoms with Crippen LogP contribution >= 0.6 is 23.2 Å². The number of nitrogens with two attached hydrogens (primary N) is 1. The molecule has 1 heterocycles. The van der Waals surface area contributed by atoms with Gasteiger partial charge in [0, 0.05) is 19.2 Å². The van der Waals surface area contributed by atoms with E-state index >= 15 is 0 Å². The fraction of sp³-hybridized carbons (Fsp3) is 0.167. The van der Waals surface area contributed by atoms with Crippen LogP contribution in [-0.2, 0) is 11.3 Å². The normalized spacial score (nSPS) is 10.4. The van der Waals surface area contributed by atoms with Crippen molar-refractivity contribution < 1.29 is 9.47 Å². The van der Waals surface area contributed by atoms with E-state index in [1.807, 2.05) is 0 Å². The van der Waals surface area contributed by atoms with E-state index in [1.165, 1.54) is 0 Å². The van der Waals surface area contributed by atoms with Gasteiger partial charge in [0.15, 0.2) is 5.82 Å². The van der Waals surface area contributed by atoms with Gasteiger partial charge in [-0.25, -0.2) is 10.8 Å². The molecular formula is C12H12Cl2N4O2. The summed E-state index contributed by atoms with van der Waals surface area (Å²) >= 11 is 11.8. The van der Waals surface area contributed by atoms with Crippen LogP contribution in [0.1, 0.15) is 5.82 Å². The maximum Gasteiger partial charge on any atom is 0.224 e. The highest BCUT2D eigenvalue weighted by Crippen LogP contribution is 2.29. The highest BCUT2D eigenvalue weighted by molar-refractivity contribution is 6.42. The molecule has 20 heavy (non-hydrogen) atoms. The SMILES string of the molecule is COCc1nc(NN)cc(Oc2ccc(Cl)c(Cl)c2)n1. The van der Waals surface area contributed by atoms with E-state index in [9.17, 15) is 0 Å². The van der Waals surface area contributed by atoms with Gasteiger partial charge in [0.05, 0.1) is 10.0 Å². The molecule has 0 aliphatic carbocycles. The van der Waals surface area contributed by atoms with Gasteiger partial charge in [-0.05, 0) is 12.1 Å². The van der Waals surface area contributed by atoms with Gasteiger partial charge in [0.25, 0.3) is 0 Å². The Balaban J connectivity index is 2.27. The molecule has 8 heteroatoms. The molecule has 2 rings (SSSR count). The van der Waals surface area contributed by atoms with Gasteiger partial charge in [-0.3, -0.25) is 0 Å². The topological polar surface area (TPSA) is 82.3 Å². The standard InChI is InChI=1S/C12H12Cl2N4O2/c1-19-6-11-16-10(18-15)5-12(17-11)20-7-2-3-8(13)9(14)4-7/h2-5H,6,15H2,1H3,(H,16,17,18). The summed E-state index contributed by atoms with van der Waals surface area (Å²) in [5.74, 6) is 7.03. The molecule has 0 bridgehead atoms. The zero-order chi connectivity index (χ0) is 14.5. The van der Waals surface area contributed by atoms with Crippen molar-refractivity contribution in [3.63, 3.8) is 0 Å². The minimum Gasteiger partial charge on any atom is -0.439 e. The first kappa shape index (κ1) is 14.8. The van der Waals surface area contributed by atoms with Crippen molar-refractivity contribution >= 4 is 29.0 Å². The number of nitrogen functional groups attached to an aromatic ring is 1. The second kappa shape index (κ2) is 6.71. The van der Waals surface area contributed by atoms with Gasteiger partial charge in [-0.1, -0.05) is 23.2 Å². The Hall–Kier alpha value is -1.60. The van der Waals surface area contributed by atoms with Crippen molar-refractivity contribution in [2.45, 2.75) is 6.61 Å². The number of hydrazine groups is 1. The first-order chi connectivity index (χ1) is 9.62. The number of nitrogens with one attached hydrogen (secondary N) is 1. The molecule has 0 aliphatic rings. The van der Waals surface area contributed by atoms with Crippen molar-refractivity contribution in [3.8, 4) is 11.6 Å². The molecule has 0 aliphatic heterocycles. The molecular weight excluding hydrogens is 303 g/mol. The van der Waals surface area contributed by atoms with Gasteiger partial charge in [0.2, 0.25) is 5.88 Å². The van der Waals surface area contributed by atoms with Crippen LogP contribution in [0.25, 0.3) is 0 Å². The molecule has 0 saturated heterocycles. The average molecular weight is 315 g/mol. The number of anilines is 1. The van der Waals surface area contributed by atoms with Gasteiger partial charge < -0.3 is 14.9 Å². The number of hydrogen-bond donors (Lipinski definition) is 2. The number of methoxy groups -OCH3 is 1. The van der Waals surface area contributed by atoms with Crippen molar-refractivity contribution in [3.05, 3.63) is 40.1 Å². The van der Waals surface area contributed by atoms with Crippen LogP contribution in [0.2, 0.25) is 10.0 Å². The molecule has 1 aromatic heterocycles. The molecule has 1 aromatic carbocycles. The van der Waals surface area contributed by atoms with E-state index in [0.717, 1.165) is 0 Å². The van der Waals surface area contributed by atoms with Gasteiger partial charge in [-0.2, -0.15) is 4.98 Å². The molecule has 0 unspecified atom stereocenters. The maximum absolute atomic E-state index is 5.92. The monoisotopic (exact) mass is 314 g/mol. The number of benzene rings is 1. The van der Waals surface area contributed by atoms with E-state index in [0.29, 0.717) is 33.3 Å². The van der Waals surface area contributed by atoms with Crippen LogP contribution in [0, 0.1) is 0 Å². The smallest absolute Gasteiger partial charge is 0.224 e. The number of ether oxygens (including phenoxy) is 2. The van der Waals surface area contributed by atoms with Crippen molar-refractivity contribution in [2.75, 3.05) is 12.5 Å². The summed E-state index contributed by atoms with van der Waals surface area (Å²) < 4.78 is 10.6. The summed E-state index contributed by atoms with van der Waals surface area (Å²) in [6, 6.07) is 6.47. The first-order valence-corrected chi connectivity index (χ1v) is 6.34. The summed E-state index contributed by atoms with van der Waals surface area (Å²) in [5, 5.41) is 0.846. The van der Waals surface area contributed by atoms with Crippen LogP contribution in [0.15, 0.2) is 24.3 Å². The Morgan fingerprint density at radius 3 is 2.65 bits per heavy atom. The zero-order valence-corrected chi connectivity index (χ0v) is 12.1. The first-order valence-electron chi connectivity index (χ1n) is 5.59.